The lowest BCUT2D eigenvalue weighted by molar-refractivity contribution is 0.602. The van der Waals surface area contributed by atoms with Gasteiger partial charge in [0.25, 0.3) is 0 Å². The zero-order valence-corrected chi connectivity index (χ0v) is 11.9. The lowest BCUT2D eigenvalue weighted by Crippen LogP contribution is -2.16. The van der Waals surface area contributed by atoms with Crippen LogP contribution in [0, 0.1) is 5.92 Å². The van der Waals surface area contributed by atoms with Gasteiger partial charge in [0, 0.05) is 21.9 Å². The molecule has 1 aliphatic carbocycles. The lowest BCUT2D eigenvalue weighted by Gasteiger charge is -2.00. The third kappa shape index (κ3) is 3.19. The van der Waals surface area contributed by atoms with Crippen LogP contribution in [0.2, 0.25) is 4.34 Å². The minimum absolute atomic E-state index is 0.754. The van der Waals surface area contributed by atoms with E-state index in [0.29, 0.717) is 0 Å². The van der Waals surface area contributed by atoms with E-state index in [1.54, 1.807) is 11.3 Å². The summed E-state index contributed by atoms with van der Waals surface area (Å²) in [5, 5.41) is 3.58. The van der Waals surface area contributed by atoms with E-state index >= 15 is 0 Å². The Morgan fingerprint density at radius 3 is 3.07 bits per heavy atom. The van der Waals surface area contributed by atoms with Crippen molar-refractivity contribution >= 4 is 38.9 Å². The molecule has 1 fully saturated rings. The SMILES string of the molecule is CCCC1CC1NCc1cc(Br)c(Cl)s1. The van der Waals surface area contributed by atoms with Crippen molar-refractivity contribution < 1.29 is 0 Å². The molecule has 1 heterocycles. The van der Waals surface area contributed by atoms with Crippen molar-refractivity contribution in [2.45, 2.75) is 38.8 Å². The van der Waals surface area contributed by atoms with Crippen molar-refractivity contribution in [3.63, 3.8) is 0 Å². The second-order valence-corrected chi connectivity index (χ2v) is 6.70. The summed E-state index contributed by atoms with van der Waals surface area (Å²) in [6.07, 6.45) is 4.03. The molecule has 0 radical (unpaired) electrons. The van der Waals surface area contributed by atoms with E-state index in [1.165, 1.54) is 24.1 Å². The number of thiophene rings is 1. The summed E-state index contributed by atoms with van der Waals surface area (Å²) >= 11 is 11.1. The molecule has 15 heavy (non-hydrogen) atoms. The normalized spacial score (nSPS) is 24.5. The average molecular weight is 309 g/mol. The van der Waals surface area contributed by atoms with Crippen LogP contribution in [0.15, 0.2) is 10.5 Å². The summed E-state index contributed by atoms with van der Waals surface area (Å²) in [7, 11) is 0. The van der Waals surface area contributed by atoms with Crippen LogP contribution in [0.5, 0.6) is 0 Å². The van der Waals surface area contributed by atoms with Crippen molar-refractivity contribution in [3.05, 3.63) is 19.8 Å². The molecule has 1 aliphatic rings. The molecule has 2 unspecified atom stereocenters. The maximum Gasteiger partial charge on any atom is 0.107 e. The molecule has 1 nitrogen and oxygen atoms in total. The second kappa shape index (κ2) is 5.17. The van der Waals surface area contributed by atoms with Crippen molar-refractivity contribution in [2.24, 2.45) is 5.92 Å². The van der Waals surface area contributed by atoms with Gasteiger partial charge in [-0.3, -0.25) is 0 Å². The van der Waals surface area contributed by atoms with E-state index in [1.807, 2.05) is 0 Å². The predicted octanol–water partition coefficient (Wildman–Crippen LogP) is 4.44. The van der Waals surface area contributed by atoms with Crippen molar-refractivity contribution in [3.8, 4) is 0 Å². The molecule has 0 spiro atoms. The van der Waals surface area contributed by atoms with Gasteiger partial charge in [-0.15, -0.1) is 11.3 Å². The Morgan fingerprint density at radius 2 is 2.47 bits per heavy atom. The van der Waals surface area contributed by atoms with Crippen LogP contribution in [0.3, 0.4) is 0 Å². The second-order valence-electron chi connectivity index (χ2n) is 4.11. The summed E-state index contributed by atoms with van der Waals surface area (Å²) in [5.41, 5.74) is 0. The van der Waals surface area contributed by atoms with Gasteiger partial charge in [-0.1, -0.05) is 24.9 Å². The fourth-order valence-corrected chi connectivity index (χ4v) is 3.64. The van der Waals surface area contributed by atoms with E-state index in [0.717, 1.165) is 27.3 Å². The molecule has 1 N–H and O–H groups in total. The quantitative estimate of drug-likeness (QED) is 0.848. The summed E-state index contributed by atoms with van der Waals surface area (Å²) < 4.78 is 1.87. The van der Waals surface area contributed by atoms with Gasteiger partial charge < -0.3 is 5.32 Å². The Morgan fingerprint density at radius 1 is 1.67 bits per heavy atom. The maximum atomic E-state index is 5.98. The molecular weight excluding hydrogens is 294 g/mol. The van der Waals surface area contributed by atoms with E-state index in [2.05, 4.69) is 34.2 Å². The number of hydrogen-bond donors (Lipinski definition) is 1. The molecule has 1 saturated carbocycles. The summed E-state index contributed by atoms with van der Waals surface area (Å²) in [4.78, 5) is 1.31. The molecule has 0 aromatic carbocycles. The largest absolute Gasteiger partial charge is 0.309 e. The first-order chi connectivity index (χ1) is 7.20. The molecule has 2 atom stereocenters. The van der Waals surface area contributed by atoms with E-state index in [9.17, 15) is 0 Å². The third-order valence-electron chi connectivity index (χ3n) is 2.82. The molecule has 0 amide bonds. The highest BCUT2D eigenvalue weighted by Crippen LogP contribution is 2.36. The standard InChI is InChI=1S/C11H15BrClNS/c1-2-3-7-4-10(7)14-6-8-5-9(12)11(13)15-8/h5,7,10,14H,2-4,6H2,1H3. The molecule has 0 saturated heterocycles. The van der Waals surface area contributed by atoms with Crippen LogP contribution in [0.25, 0.3) is 0 Å². The number of rotatable bonds is 5. The van der Waals surface area contributed by atoms with Gasteiger partial charge in [0.05, 0.1) is 0 Å². The molecule has 0 bridgehead atoms. The predicted molar refractivity (Wildman–Crippen MR) is 70.7 cm³/mol. The van der Waals surface area contributed by atoms with E-state index in [-0.39, 0.29) is 0 Å². The van der Waals surface area contributed by atoms with Crippen LogP contribution in [0.1, 0.15) is 31.1 Å². The Balaban J connectivity index is 1.75. The molecular formula is C11H15BrClNS. The fraction of sp³-hybridized carbons (Fsp3) is 0.636. The number of nitrogens with one attached hydrogen (secondary N) is 1. The van der Waals surface area contributed by atoms with Gasteiger partial charge in [-0.05, 0) is 40.8 Å². The molecule has 4 heteroatoms. The maximum absolute atomic E-state index is 5.98. The van der Waals surface area contributed by atoms with E-state index in [4.69, 9.17) is 11.6 Å². The Kier molecular flexibility index (Phi) is 4.10. The average Bonchev–Trinajstić information content (AvgIpc) is 2.85. The Labute approximate surface area is 108 Å². The van der Waals surface area contributed by atoms with Gasteiger partial charge in [0.2, 0.25) is 0 Å². The first-order valence-electron chi connectivity index (χ1n) is 5.37. The zero-order chi connectivity index (χ0) is 10.8. The third-order valence-corrected chi connectivity index (χ3v) is 5.29. The monoisotopic (exact) mass is 307 g/mol. The first-order valence-corrected chi connectivity index (χ1v) is 7.36. The smallest absolute Gasteiger partial charge is 0.107 e. The topological polar surface area (TPSA) is 12.0 Å². The molecule has 2 rings (SSSR count). The van der Waals surface area contributed by atoms with Gasteiger partial charge in [0.1, 0.15) is 4.34 Å². The van der Waals surface area contributed by atoms with Crippen LogP contribution in [-0.2, 0) is 6.54 Å². The first kappa shape index (κ1) is 11.9. The van der Waals surface area contributed by atoms with Crippen molar-refractivity contribution in [1.82, 2.24) is 5.32 Å². The van der Waals surface area contributed by atoms with Crippen LogP contribution in [0.4, 0.5) is 0 Å². The zero-order valence-electron chi connectivity index (χ0n) is 8.72. The van der Waals surface area contributed by atoms with Crippen LogP contribution < -0.4 is 5.32 Å². The molecule has 0 aliphatic heterocycles. The lowest BCUT2D eigenvalue weighted by atomic mass is 10.2. The molecule has 1 aromatic rings. The van der Waals surface area contributed by atoms with Crippen LogP contribution in [-0.4, -0.2) is 6.04 Å². The summed E-state index contributed by atoms with van der Waals surface area (Å²) in [6, 6.07) is 2.86. The molecule has 1 aromatic heterocycles. The fourth-order valence-electron chi connectivity index (χ4n) is 1.90. The summed E-state index contributed by atoms with van der Waals surface area (Å²) in [5.74, 6) is 0.925. The number of hydrogen-bond acceptors (Lipinski definition) is 2. The van der Waals surface area contributed by atoms with E-state index < -0.39 is 0 Å². The van der Waals surface area contributed by atoms with Gasteiger partial charge >= 0.3 is 0 Å². The van der Waals surface area contributed by atoms with Crippen molar-refractivity contribution in [1.29, 1.82) is 0 Å². The Bertz CT molecular complexity index is 320. The van der Waals surface area contributed by atoms with Gasteiger partial charge in [-0.2, -0.15) is 0 Å². The minimum atomic E-state index is 0.754. The van der Waals surface area contributed by atoms with Gasteiger partial charge in [0.15, 0.2) is 0 Å². The minimum Gasteiger partial charge on any atom is -0.309 e. The number of halogens is 2. The summed E-state index contributed by atoms with van der Waals surface area (Å²) in [6.45, 7) is 3.21. The highest BCUT2D eigenvalue weighted by Gasteiger charge is 2.35. The Hall–Kier alpha value is 0.430. The van der Waals surface area contributed by atoms with Gasteiger partial charge in [-0.25, -0.2) is 0 Å². The molecule has 84 valence electrons. The highest BCUT2D eigenvalue weighted by atomic mass is 79.9. The van der Waals surface area contributed by atoms with Crippen molar-refractivity contribution in [2.75, 3.05) is 0 Å². The van der Waals surface area contributed by atoms with Crippen LogP contribution >= 0.6 is 38.9 Å². The highest BCUT2D eigenvalue weighted by molar-refractivity contribution is 9.10.